The number of hydrogen-bond donors (Lipinski definition) is 3. The predicted molar refractivity (Wildman–Crippen MR) is 58.8 cm³/mol. The Morgan fingerprint density at radius 2 is 2.25 bits per heavy atom. The van der Waals surface area contributed by atoms with Crippen LogP contribution in [0, 0.1) is 6.92 Å². The van der Waals surface area contributed by atoms with Crippen molar-refractivity contribution >= 4 is 5.91 Å². The summed E-state index contributed by atoms with van der Waals surface area (Å²) in [6.45, 7) is 3.56. The number of nitrogens with one attached hydrogen (secondary N) is 1. The Morgan fingerprint density at radius 3 is 2.75 bits per heavy atom. The maximum absolute atomic E-state index is 11.5. The van der Waals surface area contributed by atoms with Gasteiger partial charge in [-0.2, -0.15) is 0 Å². The molecule has 6 nitrogen and oxygen atoms in total. The molecule has 0 saturated carbocycles. The second-order valence-corrected chi connectivity index (χ2v) is 3.66. The van der Waals surface area contributed by atoms with Crippen LogP contribution in [0.2, 0.25) is 0 Å². The Balaban J connectivity index is 2.50. The zero-order valence-corrected chi connectivity index (χ0v) is 9.34. The first-order valence-electron chi connectivity index (χ1n) is 5.01. The van der Waals surface area contributed by atoms with Crippen molar-refractivity contribution in [1.29, 1.82) is 0 Å². The summed E-state index contributed by atoms with van der Waals surface area (Å²) in [5.74, 6) is -0.344. The Hall–Kier alpha value is -1.53. The van der Waals surface area contributed by atoms with Crippen LogP contribution in [0.5, 0.6) is 0 Å². The molecule has 1 amide bonds. The number of nitrogens with zero attached hydrogens (tertiary/aromatic N) is 2. The van der Waals surface area contributed by atoms with Gasteiger partial charge in [0.25, 0.3) is 5.91 Å². The maximum Gasteiger partial charge on any atom is 0.271 e. The fourth-order valence-corrected chi connectivity index (χ4v) is 0.982. The van der Waals surface area contributed by atoms with E-state index in [0.717, 1.165) is 5.69 Å². The monoisotopic (exact) mass is 224 g/mol. The quantitative estimate of drug-likeness (QED) is 0.623. The van der Waals surface area contributed by atoms with Crippen molar-refractivity contribution in [3.63, 3.8) is 0 Å². The number of rotatable bonds is 4. The van der Waals surface area contributed by atoms with Gasteiger partial charge in [0.2, 0.25) is 0 Å². The van der Waals surface area contributed by atoms with Crippen LogP contribution in [0.25, 0.3) is 0 Å². The van der Waals surface area contributed by atoms with Crippen molar-refractivity contribution in [2.75, 3.05) is 6.54 Å². The fraction of sp³-hybridized carbons (Fsp3) is 0.500. The highest BCUT2D eigenvalue weighted by atomic mass is 16.3. The van der Waals surface area contributed by atoms with E-state index in [1.165, 1.54) is 12.4 Å². The average Bonchev–Trinajstić information content (AvgIpc) is 2.26. The number of carbonyl (C=O) groups excluding carboxylic acids is 1. The fourth-order valence-electron chi connectivity index (χ4n) is 0.982. The van der Waals surface area contributed by atoms with E-state index in [2.05, 4.69) is 15.3 Å². The minimum Gasteiger partial charge on any atom is -0.392 e. The van der Waals surface area contributed by atoms with Gasteiger partial charge in [0.15, 0.2) is 0 Å². The minimum atomic E-state index is -0.663. The lowest BCUT2D eigenvalue weighted by Crippen LogP contribution is -2.43. The first kappa shape index (κ1) is 12.5. The van der Waals surface area contributed by atoms with Gasteiger partial charge < -0.3 is 16.2 Å². The van der Waals surface area contributed by atoms with Gasteiger partial charge in [-0.1, -0.05) is 0 Å². The smallest absolute Gasteiger partial charge is 0.271 e. The Bertz CT molecular complexity index is 350. The van der Waals surface area contributed by atoms with Crippen LogP contribution >= 0.6 is 0 Å². The highest BCUT2D eigenvalue weighted by Crippen LogP contribution is 1.94. The van der Waals surface area contributed by atoms with Gasteiger partial charge >= 0.3 is 0 Å². The summed E-state index contributed by atoms with van der Waals surface area (Å²) in [5, 5.41) is 11.7. The number of hydrogen-bond acceptors (Lipinski definition) is 5. The van der Waals surface area contributed by atoms with Gasteiger partial charge in [-0.3, -0.25) is 9.78 Å². The van der Waals surface area contributed by atoms with Gasteiger partial charge in [0.1, 0.15) is 5.69 Å². The predicted octanol–water partition coefficient (Wildman–Crippen LogP) is -0.777. The van der Waals surface area contributed by atoms with E-state index in [1.807, 2.05) is 0 Å². The van der Waals surface area contributed by atoms with Gasteiger partial charge in [-0.05, 0) is 13.8 Å². The number of amides is 1. The van der Waals surface area contributed by atoms with E-state index in [0.29, 0.717) is 0 Å². The zero-order chi connectivity index (χ0) is 12.1. The molecule has 6 heteroatoms. The van der Waals surface area contributed by atoms with E-state index in [4.69, 9.17) is 10.8 Å². The molecule has 0 aliphatic heterocycles. The molecule has 0 bridgehead atoms. The molecule has 1 aromatic heterocycles. The van der Waals surface area contributed by atoms with Crippen LogP contribution in [-0.4, -0.2) is 39.7 Å². The number of aliphatic hydroxyl groups excluding tert-OH is 1. The molecule has 2 atom stereocenters. The van der Waals surface area contributed by atoms with Crippen molar-refractivity contribution in [1.82, 2.24) is 15.3 Å². The topological polar surface area (TPSA) is 101 Å². The van der Waals surface area contributed by atoms with E-state index >= 15 is 0 Å². The number of aromatic nitrogens is 2. The molecular formula is C10H16N4O2. The first-order chi connectivity index (χ1) is 7.50. The lowest BCUT2D eigenvalue weighted by atomic mass is 10.2. The SMILES string of the molecule is Cc1cnc(C(=O)NCC(N)C(C)O)cn1. The summed E-state index contributed by atoms with van der Waals surface area (Å²) in [4.78, 5) is 19.4. The lowest BCUT2D eigenvalue weighted by Gasteiger charge is -2.14. The highest BCUT2D eigenvalue weighted by Gasteiger charge is 2.12. The average molecular weight is 224 g/mol. The third-order valence-electron chi connectivity index (χ3n) is 2.13. The van der Waals surface area contributed by atoms with Crippen LogP contribution in [0.15, 0.2) is 12.4 Å². The summed E-state index contributed by atoms with van der Waals surface area (Å²) in [7, 11) is 0. The van der Waals surface area contributed by atoms with Crippen molar-refractivity contribution in [3.05, 3.63) is 23.8 Å². The molecule has 88 valence electrons. The third-order valence-corrected chi connectivity index (χ3v) is 2.13. The van der Waals surface area contributed by atoms with Crippen molar-refractivity contribution in [2.24, 2.45) is 5.73 Å². The molecule has 0 aliphatic rings. The van der Waals surface area contributed by atoms with Crippen molar-refractivity contribution in [2.45, 2.75) is 26.0 Å². The van der Waals surface area contributed by atoms with Crippen LogP contribution in [0.1, 0.15) is 23.1 Å². The van der Waals surface area contributed by atoms with Crippen molar-refractivity contribution in [3.8, 4) is 0 Å². The van der Waals surface area contributed by atoms with E-state index < -0.39 is 12.1 Å². The van der Waals surface area contributed by atoms with Gasteiger partial charge in [-0.25, -0.2) is 4.98 Å². The summed E-state index contributed by atoms with van der Waals surface area (Å²) >= 11 is 0. The van der Waals surface area contributed by atoms with Crippen LogP contribution < -0.4 is 11.1 Å². The maximum atomic E-state index is 11.5. The lowest BCUT2D eigenvalue weighted by molar-refractivity contribution is 0.0932. The largest absolute Gasteiger partial charge is 0.392 e. The number of aliphatic hydroxyl groups is 1. The molecule has 1 heterocycles. The molecule has 16 heavy (non-hydrogen) atoms. The third kappa shape index (κ3) is 3.56. The van der Waals surface area contributed by atoms with Gasteiger partial charge in [-0.15, -0.1) is 0 Å². The summed E-state index contributed by atoms with van der Waals surface area (Å²) in [5.41, 5.74) is 6.55. The Morgan fingerprint density at radius 1 is 1.56 bits per heavy atom. The summed E-state index contributed by atoms with van der Waals surface area (Å²) < 4.78 is 0. The number of aryl methyl sites for hydroxylation is 1. The molecule has 0 spiro atoms. The molecule has 1 rings (SSSR count). The van der Waals surface area contributed by atoms with E-state index in [-0.39, 0.29) is 18.1 Å². The molecule has 2 unspecified atom stereocenters. The second kappa shape index (κ2) is 5.53. The zero-order valence-electron chi connectivity index (χ0n) is 9.34. The highest BCUT2D eigenvalue weighted by molar-refractivity contribution is 5.91. The molecular weight excluding hydrogens is 208 g/mol. The van der Waals surface area contributed by atoms with Crippen LogP contribution in [0.3, 0.4) is 0 Å². The normalized spacial score (nSPS) is 14.2. The minimum absolute atomic E-state index is 0.200. The summed E-state index contributed by atoms with van der Waals surface area (Å²) in [6, 6.07) is -0.484. The molecule has 0 aromatic carbocycles. The standard InChI is InChI=1S/C10H16N4O2/c1-6-3-13-9(5-12-6)10(16)14-4-8(11)7(2)15/h3,5,7-8,15H,4,11H2,1-2H3,(H,14,16). The van der Waals surface area contributed by atoms with Crippen LogP contribution in [0.4, 0.5) is 0 Å². The van der Waals surface area contributed by atoms with E-state index in [1.54, 1.807) is 13.8 Å². The van der Waals surface area contributed by atoms with Crippen molar-refractivity contribution < 1.29 is 9.90 Å². The molecule has 4 N–H and O–H groups in total. The molecule has 0 aliphatic carbocycles. The number of carbonyl (C=O) groups is 1. The number of nitrogens with two attached hydrogens (primary N) is 1. The second-order valence-electron chi connectivity index (χ2n) is 3.66. The molecule has 0 fully saturated rings. The van der Waals surface area contributed by atoms with Crippen LogP contribution in [-0.2, 0) is 0 Å². The first-order valence-corrected chi connectivity index (χ1v) is 5.01. The Kier molecular flexibility index (Phi) is 4.33. The van der Waals surface area contributed by atoms with Gasteiger partial charge in [0.05, 0.1) is 18.0 Å². The Labute approximate surface area is 93.9 Å². The summed E-state index contributed by atoms with van der Waals surface area (Å²) in [6.07, 6.45) is 2.26. The molecule has 0 saturated heterocycles. The van der Waals surface area contributed by atoms with Gasteiger partial charge in [0, 0.05) is 18.8 Å². The molecule has 0 radical (unpaired) electrons. The van der Waals surface area contributed by atoms with E-state index in [9.17, 15) is 4.79 Å². The molecule has 1 aromatic rings.